The van der Waals surface area contributed by atoms with Crippen LogP contribution in [0.5, 0.6) is 0 Å². The summed E-state index contributed by atoms with van der Waals surface area (Å²) in [6, 6.07) is 5.20. The summed E-state index contributed by atoms with van der Waals surface area (Å²) in [7, 11) is 0. The molecule has 60 valence electrons. The van der Waals surface area contributed by atoms with E-state index in [1.807, 2.05) is 0 Å². The number of hydrogen-bond acceptors (Lipinski definition) is 2. The molecule has 0 saturated heterocycles. The van der Waals surface area contributed by atoms with Crippen molar-refractivity contribution in [3.05, 3.63) is 35.7 Å². The molecular formula is C8H6ClN2O+. The number of rotatable bonds is 0. The zero-order chi connectivity index (χ0) is 8.55. The lowest BCUT2D eigenvalue weighted by Gasteiger charge is -1.93. The van der Waals surface area contributed by atoms with E-state index in [1.54, 1.807) is 30.6 Å². The van der Waals surface area contributed by atoms with E-state index >= 15 is 0 Å². The fourth-order valence-corrected chi connectivity index (χ4v) is 1.31. The van der Waals surface area contributed by atoms with Gasteiger partial charge < -0.3 is 0 Å². The Kier molecular flexibility index (Phi) is 1.59. The lowest BCUT2D eigenvalue weighted by atomic mass is 10.3. The van der Waals surface area contributed by atoms with Crippen LogP contribution in [0.15, 0.2) is 30.6 Å². The Bertz CT molecular complexity index is 389. The van der Waals surface area contributed by atoms with Crippen molar-refractivity contribution >= 4 is 22.5 Å². The first kappa shape index (κ1) is 7.31. The molecule has 0 radical (unpaired) electrons. The van der Waals surface area contributed by atoms with E-state index in [4.69, 9.17) is 11.6 Å². The topological polar surface area (TPSA) is 37.0 Å². The minimum atomic E-state index is 0.399. The molecule has 12 heavy (non-hydrogen) atoms. The molecule has 0 saturated carbocycles. The molecule has 2 aromatic rings. The highest BCUT2D eigenvalue weighted by Crippen LogP contribution is 2.16. The summed E-state index contributed by atoms with van der Waals surface area (Å²) in [5.41, 5.74) is 0.650. The average Bonchev–Trinajstić information content (AvgIpc) is 2.07. The molecule has 0 unspecified atom stereocenters. The number of nitrogens with zero attached hydrogens (tertiary/aromatic N) is 2. The molecule has 2 rings (SSSR count). The number of hydrogen-bond donors (Lipinski definition) is 1. The van der Waals surface area contributed by atoms with Crippen LogP contribution in [-0.2, 0) is 0 Å². The van der Waals surface area contributed by atoms with Gasteiger partial charge in [-0.05, 0) is 6.07 Å². The van der Waals surface area contributed by atoms with Crippen LogP contribution in [0.1, 0.15) is 0 Å². The van der Waals surface area contributed by atoms with E-state index in [1.165, 1.54) is 0 Å². The van der Waals surface area contributed by atoms with Gasteiger partial charge in [-0.25, -0.2) is 4.98 Å². The van der Waals surface area contributed by atoms with Gasteiger partial charge in [0.2, 0.25) is 6.20 Å². The first-order chi connectivity index (χ1) is 5.79. The van der Waals surface area contributed by atoms with Crippen LogP contribution in [0.2, 0.25) is 5.15 Å². The normalized spacial score (nSPS) is 10.4. The van der Waals surface area contributed by atoms with Gasteiger partial charge >= 0.3 is 0 Å². The summed E-state index contributed by atoms with van der Waals surface area (Å²) in [5.74, 6) is 0. The SMILES string of the molecule is O[n+]1cccc2c(Cl)nccc21. The Hall–Kier alpha value is -1.35. The molecule has 0 aliphatic carbocycles. The standard InChI is InChI=1S/C8H6ClN2O/c9-8-6-2-1-5-11(12)7(6)3-4-10-8/h1-5,12H/q+1. The van der Waals surface area contributed by atoms with Gasteiger partial charge in [0, 0.05) is 23.1 Å². The summed E-state index contributed by atoms with van der Waals surface area (Å²) in [6.07, 6.45) is 3.09. The number of fused-ring (bicyclic) bond motifs is 1. The molecule has 0 amide bonds. The summed E-state index contributed by atoms with van der Waals surface area (Å²) < 4.78 is 1.02. The Morgan fingerprint density at radius 2 is 2.25 bits per heavy atom. The van der Waals surface area contributed by atoms with Crippen molar-refractivity contribution in [2.45, 2.75) is 0 Å². The van der Waals surface area contributed by atoms with Gasteiger partial charge in [0.05, 0.1) is 5.39 Å². The van der Waals surface area contributed by atoms with Crippen LogP contribution >= 0.6 is 11.6 Å². The highest BCUT2D eigenvalue weighted by atomic mass is 35.5. The van der Waals surface area contributed by atoms with Crippen LogP contribution in [0.25, 0.3) is 10.9 Å². The van der Waals surface area contributed by atoms with Crippen molar-refractivity contribution in [1.29, 1.82) is 0 Å². The third-order valence-corrected chi connectivity index (χ3v) is 1.96. The van der Waals surface area contributed by atoms with E-state index in [-0.39, 0.29) is 0 Å². The molecule has 0 spiro atoms. The predicted molar refractivity (Wildman–Crippen MR) is 44.1 cm³/mol. The minimum Gasteiger partial charge on any atom is -0.285 e. The van der Waals surface area contributed by atoms with Crippen molar-refractivity contribution in [2.24, 2.45) is 0 Å². The quantitative estimate of drug-likeness (QED) is 0.379. The molecule has 2 aromatic heterocycles. The highest BCUT2D eigenvalue weighted by Gasteiger charge is 2.08. The summed E-state index contributed by atoms with van der Waals surface area (Å²) >= 11 is 5.79. The molecule has 0 fully saturated rings. The lowest BCUT2D eigenvalue weighted by molar-refractivity contribution is -0.884. The number of pyridine rings is 2. The zero-order valence-electron chi connectivity index (χ0n) is 6.11. The molecule has 3 nitrogen and oxygen atoms in total. The van der Waals surface area contributed by atoms with Gasteiger partial charge in [-0.15, -0.1) is 0 Å². The molecular weight excluding hydrogens is 176 g/mol. The Balaban J connectivity index is 2.94. The number of aromatic nitrogens is 2. The Morgan fingerprint density at radius 1 is 1.42 bits per heavy atom. The summed E-state index contributed by atoms with van der Waals surface area (Å²) in [6.45, 7) is 0. The Labute approximate surface area is 73.8 Å². The van der Waals surface area contributed by atoms with Crippen molar-refractivity contribution in [3.8, 4) is 0 Å². The molecule has 2 heterocycles. The van der Waals surface area contributed by atoms with Crippen LogP contribution in [0.3, 0.4) is 0 Å². The van der Waals surface area contributed by atoms with E-state index < -0.39 is 0 Å². The highest BCUT2D eigenvalue weighted by molar-refractivity contribution is 6.33. The molecule has 0 aliphatic rings. The lowest BCUT2D eigenvalue weighted by Crippen LogP contribution is -2.29. The third kappa shape index (κ3) is 0.987. The van der Waals surface area contributed by atoms with Gasteiger partial charge in [-0.2, -0.15) is 0 Å². The van der Waals surface area contributed by atoms with Gasteiger partial charge in [-0.1, -0.05) is 11.6 Å². The van der Waals surface area contributed by atoms with Crippen molar-refractivity contribution in [1.82, 2.24) is 4.98 Å². The third-order valence-electron chi connectivity index (χ3n) is 1.66. The molecule has 0 bridgehead atoms. The van der Waals surface area contributed by atoms with E-state index in [0.717, 1.165) is 10.1 Å². The maximum absolute atomic E-state index is 9.33. The van der Waals surface area contributed by atoms with Crippen LogP contribution in [-0.4, -0.2) is 10.2 Å². The van der Waals surface area contributed by atoms with Crippen molar-refractivity contribution < 1.29 is 9.94 Å². The monoisotopic (exact) mass is 181 g/mol. The Morgan fingerprint density at radius 3 is 3.00 bits per heavy atom. The smallest absolute Gasteiger partial charge is 0.269 e. The van der Waals surface area contributed by atoms with Crippen LogP contribution in [0, 0.1) is 0 Å². The number of halogens is 1. The second-order valence-electron chi connectivity index (χ2n) is 2.39. The largest absolute Gasteiger partial charge is 0.285 e. The fraction of sp³-hybridized carbons (Fsp3) is 0. The van der Waals surface area contributed by atoms with Gasteiger partial charge in [-0.3, -0.25) is 5.21 Å². The zero-order valence-corrected chi connectivity index (χ0v) is 6.86. The van der Waals surface area contributed by atoms with E-state index in [2.05, 4.69) is 4.98 Å². The molecule has 0 atom stereocenters. The van der Waals surface area contributed by atoms with Gasteiger partial charge in [0.1, 0.15) is 5.15 Å². The molecule has 0 aromatic carbocycles. The minimum absolute atomic E-state index is 0.399. The van der Waals surface area contributed by atoms with Crippen molar-refractivity contribution in [2.75, 3.05) is 0 Å². The van der Waals surface area contributed by atoms with E-state index in [9.17, 15) is 5.21 Å². The van der Waals surface area contributed by atoms with Crippen molar-refractivity contribution in [3.63, 3.8) is 0 Å². The second-order valence-corrected chi connectivity index (χ2v) is 2.75. The first-order valence-corrected chi connectivity index (χ1v) is 3.81. The predicted octanol–water partition coefficient (Wildman–Crippen LogP) is 1.41. The second kappa shape index (κ2) is 2.60. The summed E-state index contributed by atoms with van der Waals surface area (Å²) in [5, 5.41) is 10.5. The van der Waals surface area contributed by atoms with Crippen LogP contribution in [0.4, 0.5) is 0 Å². The van der Waals surface area contributed by atoms with E-state index in [0.29, 0.717) is 10.7 Å². The molecule has 0 aliphatic heterocycles. The fourth-order valence-electron chi connectivity index (χ4n) is 1.09. The average molecular weight is 182 g/mol. The maximum atomic E-state index is 9.33. The molecule has 1 N–H and O–H groups in total. The van der Waals surface area contributed by atoms with Crippen LogP contribution < -0.4 is 4.73 Å². The maximum Gasteiger partial charge on any atom is 0.269 e. The summed E-state index contributed by atoms with van der Waals surface area (Å²) in [4.78, 5) is 3.89. The first-order valence-electron chi connectivity index (χ1n) is 3.43. The van der Waals surface area contributed by atoms with Gasteiger partial charge in [0.25, 0.3) is 5.52 Å². The van der Waals surface area contributed by atoms with Gasteiger partial charge in [0.15, 0.2) is 0 Å². The molecule has 4 heteroatoms.